The predicted octanol–water partition coefficient (Wildman–Crippen LogP) is 1.83. The van der Waals surface area contributed by atoms with Gasteiger partial charge in [-0.2, -0.15) is 0 Å². The fourth-order valence-electron chi connectivity index (χ4n) is 3.82. The van der Waals surface area contributed by atoms with Crippen LogP contribution in [-0.2, 0) is 20.9 Å². The van der Waals surface area contributed by atoms with Crippen molar-refractivity contribution in [3.8, 4) is 11.5 Å². The Morgan fingerprint density at radius 2 is 1.67 bits per heavy atom. The lowest BCUT2D eigenvalue weighted by Gasteiger charge is -2.32. The topological polar surface area (TPSA) is 136 Å². The molecule has 4 N–H and O–H groups in total. The molecule has 3 rings (SSSR count). The quantitative estimate of drug-likeness (QED) is 0.528. The molecular weight excluding hydrogens is 392 g/mol. The van der Waals surface area contributed by atoms with E-state index in [0.29, 0.717) is 11.8 Å². The number of aromatic hydroxyl groups is 1. The van der Waals surface area contributed by atoms with Gasteiger partial charge < -0.3 is 25.4 Å². The Balaban J connectivity index is 0.000000469. The van der Waals surface area contributed by atoms with Crippen molar-refractivity contribution >= 4 is 17.8 Å². The van der Waals surface area contributed by atoms with Gasteiger partial charge in [-0.3, -0.25) is 9.69 Å². The number of carbonyl (C=O) groups is 3. The number of aliphatic carboxylic acids is 2. The molecule has 0 radical (unpaired) electrons. The van der Waals surface area contributed by atoms with E-state index in [9.17, 15) is 9.90 Å². The third-order valence-electron chi connectivity index (χ3n) is 5.49. The molecule has 1 aliphatic carbocycles. The van der Waals surface area contributed by atoms with Crippen LogP contribution in [0.25, 0.3) is 0 Å². The smallest absolute Gasteiger partial charge is 0.414 e. The Bertz CT molecular complexity index is 727. The van der Waals surface area contributed by atoms with Gasteiger partial charge in [0, 0.05) is 18.5 Å². The first kappa shape index (κ1) is 23.5. The normalized spacial score (nSPS) is 17.6. The zero-order chi connectivity index (χ0) is 22.1. The lowest BCUT2D eigenvalue weighted by molar-refractivity contribution is -0.159. The number of hydrogen-bond donors (Lipinski definition) is 4. The fourth-order valence-corrected chi connectivity index (χ4v) is 3.82. The van der Waals surface area contributed by atoms with E-state index >= 15 is 0 Å². The predicted molar refractivity (Wildman–Crippen MR) is 108 cm³/mol. The Labute approximate surface area is 175 Å². The fraction of sp³-hybridized carbons (Fsp3) is 0.571. The summed E-state index contributed by atoms with van der Waals surface area (Å²) in [6, 6.07) is 5.90. The summed E-state index contributed by atoms with van der Waals surface area (Å²) in [5.41, 5.74) is 1.12. The molecule has 1 saturated carbocycles. The van der Waals surface area contributed by atoms with Crippen LogP contribution in [0, 0.1) is 5.92 Å². The number of benzene rings is 1. The number of carbonyl (C=O) groups excluding carboxylic acids is 1. The minimum atomic E-state index is -1.82. The highest BCUT2D eigenvalue weighted by Gasteiger charge is 2.27. The summed E-state index contributed by atoms with van der Waals surface area (Å²) in [4.78, 5) is 32.9. The summed E-state index contributed by atoms with van der Waals surface area (Å²) in [5, 5.41) is 27.7. The molecule has 0 unspecified atom stereocenters. The molecule has 9 nitrogen and oxygen atoms in total. The van der Waals surface area contributed by atoms with Crippen molar-refractivity contribution < 1.29 is 34.4 Å². The highest BCUT2D eigenvalue weighted by molar-refractivity contribution is 6.27. The van der Waals surface area contributed by atoms with Gasteiger partial charge in [-0.1, -0.05) is 18.9 Å². The van der Waals surface area contributed by atoms with Crippen molar-refractivity contribution in [2.45, 2.75) is 51.1 Å². The number of hydrogen-bond acceptors (Lipinski definition) is 6. The second kappa shape index (κ2) is 11.4. The molecule has 2 fully saturated rings. The zero-order valence-corrected chi connectivity index (χ0v) is 17.2. The summed E-state index contributed by atoms with van der Waals surface area (Å²) >= 11 is 0. The van der Waals surface area contributed by atoms with Gasteiger partial charge in [-0.15, -0.1) is 0 Å². The number of methoxy groups -OCH3 is 1. The number of carboxylic acids is 2. The van der Waals surface area contributed by atoms with E-state index in [4.69, 9.17) is 24.5 Å². The molecule has 9 heteroatoms. The Morgan fingerprint density at radius 3 is 2.20 bits per heavy atom. The molecule has 1 aliphatic heterocycles. The maximum atomic E-state index is 12.4. The van der Waals surface area contributed by atoms with E-state index in [0.717, 1.165) is 50.9 Å². The number of rotatable bonds is 5. The zero-order valence-electron chi connectivity index (χ0n) is 17.2. The van der Waals surface area contributed by atoms with Gasteiger partial charge in [0.1, 0.15) is 0 Å². The number of nitrogens with one attached hydrogen (secondary N) is 1. The van der Waals surface area contributed by atoms with Crippen molar-refractivity contribution in [3.63, 3.8) is 0 Å². The highest BCUT2D eigenvalue weighted by Crippen LogP contribution is 2.28. The van der Waals surface area contributed by atoms with E-state index in [2.05, 4.69) is 10.2 Å². The number of carboxylic acid groups (broad SMARTS) is 2. The maximum Gasteiger partial charge on any atom is 0.414 e. The number of amides is 1. The molecule has 1 saturated heterocycles. The Hall–Kier alpha value is -2.81. The number of likely N-dealkylation sites (tertiary alicyclic amines) is 1. The van der Waals surface area contributed by atoms with Crippen LogP contribution in [0.4, 0.5) is 0 Å². The summed E-state index contributed by atoms with van der Waals surface area (Å²) < 4.78 is 5.17. The molecule has 1 heterocycles. The third kappa shape index (κ3) is 7.22. The van der Waals surface area contributed by atoms with E-state index in [1.807, 2.05) is 12.1 Å². The van der Waals surface area contributed by atoms with Crippen LogP contribution in [0.3, 0.4) is 0 Å². The number of phenolic OH excluding ortho intramolecular Hbond substituents is 1. The number of piperidine rings is 1. The lowest BCUT2D eigenvalue weighted by Crippen LogP contribution is -2.42. The van der Waals surface area contributed by atoms with Crippen molar-refractivity contribution in [1.82, 2.24) is 10.2 Å². The SMILES string of the molecule is COc1cc(CN2CCC(C(=O)NC3CCCC3)CC2)ccc1O.O=C(O)C(=O)O. The molecular formula is C21H30N2O7. The van der Waals surface area contributed by atoms with Gasteiger partial charge in [-0.25, -0.2) is 9.59 Å². The van der Waals surface area contributed by atoms with Crippen LogP contribution in [0.1, 0.15) is 44.1 Å². The molecule has 166 valence electrons. The molecule has 0 aromatic heterocycles. The number of ether oxygens (including phenoxy) is 1. The second-order valence-corrected chi connectivity index (χ2v) is 7.66. The van der Waals surface area contributed by atoms with Crippen LogP contribution in [0.2, 0.25) is 0 Å². The van der Waals surface area contributed by atoms with E-state index in [1.54, 1.807) is 13.2 Å². The molecule has 1 aromatic carbocycles. The van der Waals surface area contributed by atoms with Gasteiger partial charge in [0.15, 0.2) is 11.5 Å². The summed E-state index contributed by atoms with van der Waals surface area (Å²) in [5.74, 6) is -2.55. The highest BCUT2D eigenvalue weighted by atomic mass is 16.5. The first-order chi connectivity index (χ1) is 14.3. The molecule has 0 spiro atoms. The van der Waals surface area contributed by atoms with Gasteiger partial charge in [0.25, 0.3) is 0 Å². The third-order valence-corrected chi connectivity index (χ3v) is 5.49. The standard InChI is InChI=1S/C19H28N2O3.C2H2O4/c1-24-18-12-14(6-7-17(18)22)13-21-10-8-15(9-11-21)19(23)20-16-4-2-3-5-16;3-1(4)2(5)6/h6-7,12,15-16,22H,2-5,8-11,13H2,1H3,(H,20,23);(H,3,4)(H,5,6). The van der Waals surface area contributed by atoms with Gasteiger partial charge in [-0.05, 0) is 56.5 Å². The first-order valence-electron chi connectivity index (χ1n) is 10.1. The molecule has 0 bridgehead atoms. The van der Waals surface area contributed by atoms with Gasteiger partial charge >= 0.3 is 11.9 Å². The summed E-state index contributed by atoms with van der Waals surface area (Å²) in [7, 11) is 1.56. The molecule has 30 heavy (non-hydrogen) atoms. The van der Waals surface area contributed by atoms with E-state index < -0.39 is 11.9 Å². The van der Waals surface area contributed by atoms with Crippen molar-refractivity contribution in [2.24, 2.45) is 5.92 Å². The molecule has 0 atom stereocenters. The van der Waals surface area contributed by atoms with Crippen molar-refractivity contribution in [2.75, 3.05) is 20.2 Å². The van der Waals surface area contributed by atoms with E-state index in [1.165, 1.54) is 12.8 Å². The van der Waals surface area contributed by atoms with Crippen molar-refractivity contribution in [3.05, 3.63) is 23.8 Å². The van der Waals surface area contributed by atoms with Gasteiger partial charge in [0.05, 0.1) is 7.11 Å². The summed E-state index contributed by atoms with van der Waals surface area (Å²) in [6.07, 6.45) is 6.64. The minimum absolute atomic E-state index is 0.163. The minimum Gasteiger partial charge on any atom is -0.504 e. The number of nitrogens with zero attached hydrogens (tertiary/aromatic N) is 1. The monoisotopic (exact) mass is 422 g/mol. The Morgan fingerprint density at radius 1 is 1.07 bits per heavy atom. The lowest BCUT2D eigenvalue weighted by atomic mass is 9.95. The van der Waals surface area contributed by atoms with Crippen LogP contribution < -0.4 is 10.1 Å². The van der Waals surface area contributed by atoms with Crippen molar-refractivity contribution in [1.29, 1.82) is 0 Å². The maximum absolute atomic E-state index is 12.4. The largest absolute Gasteiger partial charge is 0.504 e. The number of phenols is 1. The molecule has 1 aromatic rings. The van der Waals surface area contributed by atoms with Crippen LogP contribution in [-0.4, -0.2) is 64.3 Å². The van der Waals surface area contributed by atoms with E-state index in [-0.39, 0.29) is 17.6 Å². The van der Waals surface area contributed by atoms with Crippen LogP contribution in [0.5, 0.6) is 11.5 Å². The van der Waals surface area contributed by atoms with Crippen LogP contribution in [0.15, 0.2) is 18.2 Å². The first-order valence-corrected chi connectivity index (χ1v) is 10.1. The molecule has 1 amide bonds. The average molecular weight is 422 g/mol. The summed E-state index contributed by atoms with van der Waals surface area (Å²) in [6.45, 7) is 2.70. The van der Waals surface area contributed by atoms with Gasteiger partial charge in [0.2, 0.25) is 5.91 Å². The Kier molecular flexibility index (Phi) is 8.91. The average Bonchev–Trinajstić information content (AvgIpc) is 3.23. The second-order valence-electron chi connectivity index (χ2n) is 7.66. The van der Waals surface area contributed by atoms with Crippen LogP contribution >= 0.6 is 0 Å². The molecule has 2 aliphatic rings.